The minimum atomic E-state index is 1.25. The van der Waals surface area contributed by atoms with Crippen LogP contribution in [0.2, 0.25) is 0 Å². The second kappa shape index (κ2) is 6.91. The maximum Gasteiger partial charge on any atom is 0.0273 e. The van der Waals surface area contributed by atoms with Crippen molar-refractivity contribution in [2.24, 2.45) is 0 Å². The molecule has 0 aliphatic carbocycles. The van der Waals surface area contributed by atoms with Gasteiger partial charge in [-0.3, -0.25) is 0 Å². The summed E-state index contributed by atoms with van der Waals surface area (Å²) in [6, 6.07) is 17.2. The van der Waals surface area contributed by atoms with E-state index < -0.39 is 0 Å². The monoisotopic (exact) mass is 322 g/mol. The van der Waals surface area contributed by atoms with Gasteiger partial charge < -0.3 is 0 Å². The number of benzene rings is 1. The van der Waals surface area contributed by atoms with Crippen LogP contribution in [-0.2, 0) is 0 Å². The summed E-state index contributed by atoms with van der Waals surface area (Å²) >= 11 is 3.65. The first-order chi connectivity index (χ1) is 10.7. The molecule has 2 heterocycles. The third-order valence-electron chi connectivity index (χ3n) is 3.37. The lowest BCUT2D eigenvalue weighted by molar-refractivity contribution is 1.62. The molecular formula is C20H18S2. The van der Waals surface area contributed by atoms with Crippen molar-refractivity contribution in [3.63, 3.8) is 0 Å². The maximum atomic E-state index is 2.20. The lowest BCUT2D eigenvalue weighted by Crippen LogP contribution is -1.78. The number of aryl methyl sites for hydroxylation is 2. The fraction of sp³-hybridized carbons (Fsp3) is 0.100. The van der Waals surface area contributed by atoms with Crippen LogP contribution in [0.3, 0.4) is 0 Å². The third kappa shape index (κ3) is 3.85. The minimum Gasteiger partial charge on any atom is -0.141 e. The zero-order chi connectivity index (χ0) is 15.4. The Labute approximate surface area is 140 Å². The van der Waals surface area contributed by atoms with E-state index >= 15 is 0 Å². The molecule has 110 valence electrons. The smallest absolute Gasteiger partial charge is 0.0273 e. The normalized spacial score (nSPS) is 11.7. The Kier molecular flexibility index (Phi) is 4.71. The predicted molar refractivity (Wildman–Crippen MR) is 102 cm³/mol. The zero-order valence-electron chi connectivity index (χ0n) is 12.7. The average molecular weight is 322 g/mol. The lowest BCUT2D eigenvalue weighted by atomic mass is 10.1. The Hall–Kier alpha value is -1.90. The van der Waals surface area contributed by atoms with E-state index in [9.17, 15) is 0 Å². The molecule has 0 aliphatic rings. The van der Waals surface area contributed by atoms with E-state index in [0.29, 0.717) is 0 Å². The van der Waals surface area contributed by atoms with E-state index in [0.717, 1.165) is 0 Å². The number of hydrogen-bond acceptors (Lipinski definition) is 2. The summed E-state index contributed by atoms with van der Waals surface area (Å²) in [5.41, 5.74) is 2.50. The van der Waals surface area contributed by atoms with E-state index in [1.54, 1.807) is 0 Å². The van der Waals surface area contributed by atoms with Crippen molar-refractivity contribution >= 4 is 47.0 Å². The van der Waals surface area contributed by atoms with Crippen LogP contribution in [0.15, 0.2) is 48.5 Å². The molecule has 0 amide bonds. The number of rotatable bonds is 4. The second-order valence-corrected chi connectivity index (χ2v) is 7.83. The van der Waals surface area contributed by atoms with Gasteiger partial charge in [0, 0.05) is 19.5 Å². The molecule has 1 aromatic carbocycles. The topological polar surface area (TPSA) is 0 Å². The van der Waals surface area contributed by atoms with Gasteiger partial charge in [0.1, 0.15) is 0 Å². The zero-order valence-corrected chi connectivity index (χ0v) is 14.4. The second-order valence-electron chi connectivity index (χ2n) is 5.19. The Morgan fingerprint density at radius 3 is 1.41 bits per heavy atom. The van der Waals surface area contributed by atoms with Crippen LogP contribution in [0.4, 0.5) is 0 Å². The molecule has 0 radical (unpaired) electrons. The van der Waals surface area contributed by atoms with E-state index in [-0.39, 0.29) is 0 Å². The van der Waals surface area contributed by atoms with Gasteiger partial charge in [-0.2, -0.15) is 0 Å². The van der Waals surface area contributed by atoms with E-state index in [1.807, 2.05) is 22.7 Å². The Balaban J connectivity index is 1.83. The van der Waals surface area contributed by atoms with Crippen LogP contribution in [0.5, 0.6) is 0 Å². The molecule has 0 saturated carbocycles. The largest absolute Gasteiger partial charge is 0.141 e. The van der Waals surface area contributed by atoms with Gasteiger partial charge in [0.2, 0.25) is 0 Å². The Morgan fingerprint density at radius 1 is 0.591 bits per heavy atom. The fourth-order valence-electron chi connectivity index (χ4n) is 2.24. The Bertz CT molecular complexity index is 746. The molecule has 0 nitrogen and oxygen atoms in total. The molecule has 0 fully saturated rings. The quantitative estimate of drug-likeness (QED) is 0.497. The third-order valence-corrected chi connectivity index (χ3v) is 5.30. The van der Waals surface area contributed by atoms with Crippen molar-refractivity contribution in [3.8, 4) is 0 Å². The van der Waals surface area contributed by atoms with Gasteiger partial charge in [-0.15, -0.1) is 22.7 Å². The van der Waals surface area contributed by atoms with Crippen LogP contribution in [0, 0.1) is 13.8 Å². The summed E-state index contributed by atoms with van der Waals surface area (Å²) in [5.74, 6) is 0. The highest BCUT2D eigenvalue weighted by Crippen LogP contribution is 2.22. The molecule has 0 spiro atoms. The average Bonchev–Trinajstić information content (AvgIpc) is 3.12. The summed E-state index contributed by atoms with van der Waals surface area (Å²) in [6.45, 7) is 4.28. The van der Waals surface area contributed by atoms with Gasteiger partial charge in [-0.25, -0.2) is 0 Å². The van der Waals surface area contributed by atoms with Crippen molar-refractivity contribution in [3.05, 3.63) is 79.2 Å². The van der Waals surface area contributed by atoms with Gasteiger partial charge in [0.25, 0.3) is 0 Å². The molecule has 0 N–H and O–H groups in total. The molecule has 3 aromatic rings. The first-order valence-electron chi connectivity index (χ1n) is 7.29. The van der Waals surface area contributed by atoms with E-state index in [2.05, 4.69) is 86.7 Å². The Morgan fingerprint density at radius 2 is 1.05 bits per heavy atom. The van der Waals surface area contributed by atoms with Crippen LogP contribution in [0.25, 0.3) is 24.3 Å². The van der Waals surface area contributed by atoms with Crippen molar-refractivity contribution in [1.82, 2.24) is 0 Å². The van der Waals surface area contributed by atoms with Crippen LogP contribution in [0.1, 0.15) is 30.6 Å². The molecule has 0 atom stereocenters. The van der Waals surface area contributed by atoms with Crippen molar-refractivity contribution in [2.75, 3.05) is 0 Å². The highest BCUT2D eigenvalue weighted by molar-refractivity contribution is 7.13. The minimum absolute atomic E-state index is 1.25. The summed E-state index contributed by atoms with van der Waals surface area (Å²) in [4.78, 5) is 5.29. The standard InChI is InChI=1S/C20H18S2/c1-15-7-11-19(21-15)13-9-17-5-3-4-6-18(17)10-14-20-12-8-16(2)22-20/h3-14H,1-2H3/b13-9+,14-10+. The van der Waals surface area contributed by atoms with E-state index in [1.165, 1.54) is 30.6 Å². The number of thiophene rings is 2. The SMILES string of the molecule is Cc1ccc(/C=C/c2ccccc2/C=C/c2ccc(C)s2)s1. The van der Waals surface area contributed by atoms with Crippen molar-refractivity contribution in [1.29, 1.82) is 0 Å². The van der Waals surface area contributed by atoms with E-state index in [4.69, 9.17) is 0 Å². The van der Waals surface area contributed by atoms with Crippen molar-refractivity contribution < 1.29 is 0 Å². The summed E-state index contributed by atoms with van der Waals surface area (Å²) in [7, 11) is 0. The first kappa shape index (κ1) is 15.0. The molecular weight excluding hydrogens is 304 g/mol. The van der Waals surface area contributed by atoms with Gasteiger partial charge in [-0.1, -0.05) is 36.4 Å². The van der Waals surface area contributed by atoms with Gasteiger partial charge in [0.15, 0.2) is 0 Å². The molecule has 0 saturated heterocycles. The predicted octanol–water partition coefficient (Wildman–Crippen LogP) is 6.77. The van der Waals surface area contributed by atoms with Gasteiger partial charge in [0.05, 0.1) is 0 Å². The molecule has 22 heavy (non-hydrogen) atoms. The fourth-order valence-corrected chi connectivity index (χ4v) is 3.80. The van der Waals surface area contributed by atoms with Gasteiger partial charge in [-0.05, 0) is 61.4 Å². The van der Waals surface area contributed by atoms with Crippen LogP contribution < -0.4 is 0 Å². The summed E-state index contributed by atoms with van der Waals surface area (Å²) in [6.07, 6.45) is 8.79. The number of hydrogen-bond donors (Lipinski definition) is 0. The molecule has 0 bridgehead atoms. The highest BCUT2D eigenvalue weighted by Gasteiger charge is 1.97. The summed E-state index contributed by atoms with van der Waals surface area (Å²) < 4.78 is 0. The molecule has 3 rings (SSSR count). The maximum absolute atomic E-state index is 2.20. The molecule has 0 unspecified atom stereocenters. The van der Waals surface area contributed by atoms with Crippen LogP contribution in [-0.4, -0.2) is 0 Å². The highest BCUT2D eigenvalue weighted by atomic mass is 32.1. The first-order valence-corrected chi connectivity index (χ1v) is 8.92. The molecule has 2 aromatic heterocycles. The van der Waals surface area contributed by atoms with Gasteiger partial charge >= 0.3 is 0 Å². The lowest BCUT2D eigenvalue weighted by Gasteiger charge is -2.00. The molecule has 2 heteroatoms. The van der Waals surface area contributed by atoms with Crippen LogP contribution >= 0.6 is 22.7 Å². The van der Waals surface area contributed by atoms with Crippen molar-refractivity contribution in [2.45, 2.75) is 13.8 Å². The summed E-state index contributed by atoms with van der Waals surface area (Å²) in [5, 5.41) is 0. The molecule has 0 aliphatic heterocycles.